The molecule has 0 spiro atoms. The van der Waals surface area contributed by atoms with E-state index in [1.165, 1.54) is 0 Å². The van der Waals surface area contributed by atoms with Gasteiger partial charge in [-0.15, -0.1) is 0 Å². The highest BCUT2D eigenvalue weighted by molar-refractivity contribution is 5.97. The molecule has 1 saturated heterocycles. The first-order chi connectivity index (χ1) is 13.9. The average Bonchev–Trinajstić information content (AvgIpc) is 2.71. The molecule has 2 aromatic carbocycles. The number of carbonyl (C=O) groups is 1. The number of methoxy groups -OCH3 is 1. The summed E-state index contributed by atoms with van der Waals surface area (Å²) in [4.78, 5) is 15.1. The maximum Gasteiger partial charge on any atom is 0.267 e. The van der Waals surface area contributed by atoms with Gasteiger partial charge in [-0.2, -0.15) is 0 Å². The summed E-state index contributed by atoms with van der Waals surface area (Å²) in [6.07, 6.45) is 2.31. The van der Waals surface area contributed by atoms with Crippen LogP contribution in [0.15, 0.2) is 48.5 Å². The van der Waals surface area contributed by atoms with Gasteiger partial charge in [0.15, 0.2) is 17.1 Å². The van der Waals surface area contributed by atoms with Crippen LogP contribution in [0.5, 0.6) is 17.2 Å². The average molecular weight is 399 g/mol. The van der Waals surface area contributed by atoms with E-state index >= 15 is 0 Å². The van der Waals surface area contributed by atoms with Crippen molar-refractivity contribution in [2.75, 3.05) is 32.6 Å². The van der Waals surface area contributed by atoms with Gasteiger partial charge in [-0.25, -0.2) is 0 Å². The van der Waals surface area contributed by atoms with Crippen LogP contribution in [-0.4, -0.2) is 49.8 Å². The third-order valence-corrected chi connectivity index (χ3v) is 5.06. The molecule has 6 heteroatoms. The molecule has 6 nitrogen and oxygen atoms in total. The lowest BCUT2D eigenvalue weighted by Gasteiger charge is -2.29. The molecule has 1 fully saturated rings. The predicted molar refractivity (Wildman–Crippen MR) is 114 cm³/mol. The van der Waals surface area contributed by atoms with Crippen molar-refractivity contribution in [1.82, 2.24) is 4.90 Å². The summed E-state index contributed by atoms with van der Waals surface area (Å²) in [6.45, 7) is 5.57. The monoisotopic (exact) mass is 398 g/mol. The van der Waals surface area contributed by atoms with Gasteiger partial charge in [-0.1, -0.05) is 12.1 Å². The van der Waals surface area contributed by atoms with Gasteiger partial charge in [0.25, 0.3) is 5.91 Å². The molecule has 0 aliphatic carbocycles. The van der Waals surface area contributed by atoms with Gasteiger partial charge in [0.05, 0.1) is 7.11 Å². The summed E-state index contributed by atoms with van der Waals surface area (Å²) < 4.78 is 17.3. The van der Waals surface area contributed by atoms with Gasteiger partial charge in [-0.05, 0) is 70.1 Å². The predicted octanol–water partition coefficient (Wildman–Crippen LogP) is 3.96. The van der Waals surface area contributed by atoms with Crippen molar-refractivity contribution in [3.63, 3.8) is 0 Å². The van der Waals surface area contributed by atoms with Crippen molar-refractivity contribution < 1.29 is 19.0 Å². The zero-order chi connectivity index (χ0) is 20.9. The Kier molecular flexibility index (Phi) is 6.64. The lowest BCUT2D eigenvalue weighted by Crippen LogP contribution is -2.42. The van der Waals surface area contributed by atoms with Crippen molar-refractivity contribution in [2.24, 2.45) is 0 Å². The number of rotatable bonds is 7. The first-order valence-electron chi connectivity index (χ1n) is 9.96. The number of ether oxygens (including phenoxy) is 3. The number of benzene rings is 2. The zero-order valence-corrected chi connectivity index (χ0v) is 17.6. The third kappa shape index (κ3) is 5.64. The van der Waals surface area contributed by atoms with Gasteiger partial charge in [0, 0.05) is 18.8 Å². The van der Waals surface area contributed by atoms with E-state index in [0.29, 0.717) is 17.2 Å². The Morgan fingerprint density at radius 2 is 1.66 bits per heavy atom. The molecule has 3 rings (SSSR count). The molecule has 1 heterocycles. The van der Waals surface area contributed by atoms with Crippen LogP contribution in [0.2, 0.25) is 0 Å². The minimum absolute atomic E-state index is 0.243. The lowest BCUT2D eigenvalue weighted by atomic mass is 10.1. The van der Waals surface area contributed by atoms with Crippen LogP contribution in [0.3, 0.4) is 0 Å². The topological polar surface area (TPSA) is 60.0 Å². The van der Waals surface area contributed by atoms with E-state index in [1.54, 1.807) is 33.1 Å². The fraction of sp³-hybridized carbons (Fsp3) is 0.435. The molecule has 0 unspecified atom stereocenters. The van der Waals surface area contributed by atoms with Crippen LogP contribution in [0.1, 0.15) is 26.7 Å². The minimum Gasteiger partial charge on any atom is -0.493 e. The van der Waals surface area contributed by atoms with Crippen LogP contribution in [-0.2, 0) is 4.79 Å². The highest BCUT2D eigenvalue weighted by atomic mass is 16.5. The first kappa shape index (κ1) is 21.0. The van der Waals surface area contributed by atoms with Crippen molar-refractivity contribution in [1.29, 1.82) is 0 Å². The van der Waals surface area contributed by atoms with Crippen LogP contribution in [0.25, 0.3) is 0 Å². The molecule has 1 aliphatic rings. The first-order valence-corrected chi connectivity index (χ1v) is 9.96. The van der Waals surface area contributed by atoms with Crippen LogP contribution in [0.4, 0.5) is 5.69 Å². The highest BCUT2D eigenvalue weighted by Crippen LogP contribution is 2.30. The van der Waals surface area contributed by atoms with E-state index in [1.807, 2.05) is 36.4 Å². The van der Waals surface area contributed by atoms with Gasteiger partial charge < -0.3 is 24.4 Å². The van der Waals surface area contributed by atoms with E-state index in [-0.39, 0.29) is 12.0 Å². The van der Waals surface area contributed by atoms with Crippen LogP contribution >= 0.6 is 0 Å². The number of piperidine rings is 1. The zero-order valence-electron chi connectivity index (χ0n) is 17.6. The van der Waals surface area contributed by atoms with Crippen molar-refractivity contribution in [2.45, 2.75) is 38.4 Å². The number of anilines is 1. The number of amides is 1. The Morgan fingerprint density at radius 3 is 2.28 bits per heavy atom. The maximum absolute atomic E-state index is 12.8. The second-order valence-corrected chi connectivity index (χ2v) is 7.86. The molecule has 0 radical (unpaired) electrons. The number of hydrogen-bond donors (Lipinski definition) is 1. The second kappa shape index (κ2) is 9.18. The SMILES string of the molecule is COc1ccccc1OC(C)(C)C(=O)Nc1ccc(OC2CCN(C)CC2)cc1. The van der Waals surface area contributed by atoms with E-state index in [9.17, 15) is 4.79 Å². The van der Waals surface area contributed by atoms with Crippen molar-refractivity contribution >= 4 is 11.6 Å². The molecule has 0 saturated carbocycles. The van der Waals surface area contributed by atoms with E-state index in [2.05, 4.69) is 17.3 Å². The maximum atomic E-state index is 12.8. The Labute approximate surface area is 172 Å². The summed E-state index contributed by atoms with van der Waals surface area (Å²) in [6, 6.07) is 14.8. The molecule has 29 heavy (non-hydrogen) atoms. The summed E-state index contributed by atoms with van der Waals surface area (Å²) in [5, 5.41) is 2.91. The van der Waals surface area contributed by atoms with Gasteiger partial charge in [0.1, 0.15) is 11.9 Å². The number of nitrogens with zero attached hydrogens (tertiary/aromatic N) is 1. The van der Waals surface area contributed by atoms with E-state index in [0.717, 1.165) is 31.7 Å². The molecular weight excluding hydrogens is 368 g/mol. The number of carbonyl (C=O) groups excluding carboxylic acids is 1. The van der Waals surface area contributed by atoms with Gasteiger partial charge in [0.2, 0.25) is 0 Å². The lowest BCUT2D eigenvalue weighted by molar-refractivity contribution is -0.128. The second-order valence-electron chi connectivity index (χ2n) is 7.86. The number of likely N-dealkylation sites (tertiary alicyclic amines) is 1. The Balaban J connectivity index is 1.58. The van der Waals surface area contributed by atoms with E-state index < -0.39 is 5.60 Å². The van der Waals surface area contributed by atoms with Crippen molar-refractivity contribution in [3.05, 3.63) is 48.5 Å². The number of nitrogens with one attached hydrogen (secondary N) is 1. The smallest absolute Gasteiger partial charge is 0.267 e. The van der Waals surface area contributed by atoms with Gasteiger partial charge in [-0.3, -0.25) is 4.79 Å². The molecule has 1 N–H and O–H groups in total. The van der Waals surface area contributed by atoms with Crippen LogP contribution in [0, 0.1) is 0 Å². The van der Waals surface area contributed by atoms with E-state index in [4.69, 9.17) is 14.2 Å². The molecule has 0 atom stereocenters. The molecule has 1 amide bonds. The number of para-hydroxylation sites is 2. The Hall–Kier alpha value is -2.73. The Bertz CT molecular complexity index is 812. The fourth-order valence-corrected chi connectivity index (χ4v) is 3.22. The molecule has 1 aliphatic heterocycles. The molecule has 0 bridgehead atoms. The van der Waals surface area contributed by atoms with Crippen LogP contribution < -0.4 is 19.5 Å². The minimum atomic E-state index is -1.07. The summed E-state index contributed by atoms with van der Waals surface area (Å²) >= 11 is 0. The molecular formula is C23H30N2O4. The Morgan fingerprint density at radius 1 is 1.03 bits per heavy atom. The molecule has 156 valence electrons. The molecule has 0 aromatic heterocycles. The highest BCUT2D eigenvalue weighted by Gasteiger charge is 2.31. The van der Waals surface area contributed by atoms with Crippen molar-refractivity contribution in [3.8, 4) is 17.2 Å². The largest absolute Gasteiger partial charge is 0.493 e. The number of hydrogen-bond acceptors (Lipinski definition) is 5. The quantitative estimate of drug-likeness (QED) is 0.765. The third-order valence-electron chi connectivity index (χ3n) is 5.06. The standard InChI is InChI=1S/C23H30N2O4/c1-23(2,29-21-8-6-5-7-20(21)27-4)22(26)24-17-9-11-18(12-10-17)28-19-13-15-25(3)16-14-19/h5-12,19H,13-16H2,1-4H3,(H,24,26). The van der Waals surface area contributed by atoms with Gasteiger partial charge >= 0.3 is 0 Å². The summed E-state index contributed by atoms with van der Waals surface area (Å²) in [5.41, 5.74) is -0.375. The normalized spacial score (nSPS) is 15.6. The fourth-order valence-electron chi connectivity index (χ4n) is 3.22. The summed E-state index contributed by atoms with van der Waals surface area (Å²) in [5.74, 6) is 1.69. The summed E-state index contributed by atoms with van der Waals surface area (Å²) in [7, 11) is 3.71. The molecule has 2 aromatic rings.